The Balaban J connectivity index is 1.31. The summed E-state index contributed by atoms with van der Waals surface area (Å²) in [7, 11) is 0. The molecule has 1 saturated heterocycles. The second kappa shape index (κ2) is 9.24. The van der Waals surface area contributed by atoms with Gasteiger partial charge in [-0.3, -0.25) is 14.8 Å². The van der Waals surface area contributed by atoms with E-state index in [-0.39, 0.29) is 51.9 Å². The Hall–Kier alpha value is -3.82. The van der Waals surface area contributed by atoms with E-state index in [1.165, 1.54) is 0 Å². The number of benzene rings is 2. The molecule has 9 nitrogen and oxygen atoms in total. The van der Waals surface area contributed by atoms with Crippen LogP contribution in [-0.4, -0.2) is 39.9 Å². The van der Waals surface area contributed by atoms with Gasteiger partial charge in [0.1, 0.15) is 5.75 Å². The van der Waals surface area contributed by atoms with E-state index in [1.807, 2.05) is 34.9 Å². The van der Waals surface area contributed by atoms with Crippen molar-refractivity contribution in [2.75, 3.05) is 23.2 Å². The molecule has 4 atom stereocenters. The van der Waals surface area contributed by atoms with Gasteiger partial charge in [0.2, 0.25) is 5.91 Å². The molecule has 3 aliphatic heterocycles. The summed E-state index contributed by atoms with van der Waals surface area (Å²) < 4.78 is 1.87. The summed E-state index contributed by atoms with van der Waals surface area (Å²) in [6, 6.07) is 17.4. The van der Waals surface area contributed by atoms with Crippen LogP contribution in [0.4, 0.5) is 11.4 Å². The first-order chi connectivity index (χ1) is 17.9. The van der Waals surface area contributed by atoms with Crippen LogP contribution in [-0.2, 0) is 24.2 Å². The van der Waals surface area contributed by atoms with Crippen LogP contribution in [0.15, 0.2) is 65.5 Å². The highest BCUT2D eigenvalue weighted by Crippen LogP contribution is 2.47. The van der Waals surface area contributed by atoms with Crippen LogP contribution in [0.5, 0.6) is 5.75 Å². The van der Waals surface area contributed by atoms with Crippen molar-refractivity contribution in [1.29, 1.82) is 0 Å². The molecule has 0 radical (unpaired) electrons. The van der Waals surface area contributed by atoms with E-state index in [4.69, 9.17) is 0 Å². The van der Waals surface area contributed by atoms with Crippen molar-refractivity contribution in [3.8, 4) is 5.75 Å². The Kier molecular flexibility index (Phi) is 5.89. The van der Waals surface area contributed by atoms with Crippen molar-refractivity contribution in [3.63, 3.8) is 0 Å². The first-order valence-electron chi connectivity index (χ1n) is 12.7. The number of carbonyl (C=O) groups is 1. The van der Waals surface area contributed by atoms with Crippen molar-refractivity contribution in [1.82, 2.24) is 9.88 Å². The quantitative estimate of drug-likeness (QED) is 0.460. The van der Waals surface area contributed by atoms with E-state index in [9.17, 15) is 25.1 Å². The average molecular weight is 502 g/mol. The van der Waals surface area contributed by atoms with Gasteiger partial charge in [-0.2, -0.15) is 0 Å². The Labute approximate surface area is 214 Å². The highest BCUT2D eigenvalue weighted by molar-refractivity contribution is 5.82. The lowest BCUT2D eigenvalue weighted by Gasteiger charge is -2.54. The van der Waals surface area contributed by atoms with Gasteiger partial charge >= 0.3 is 0 Å². The zero-order chi connectivity index (χ0) is 25.7. The van der Waals surface area contributed by atoms with Crippen LogP contribution in [0.1, 0.15) is 29.2 Å². The predicted molar refractivity (Wildman–Crippen MR) is 139 cm³/mol. The number of phenols is 1. The molecule has 9 heteroatoms. The molecule has 4 heterocycles. The highest BCUT2D eigenvalue weighted by atomic mass is 16.8. The monoisotopic (exact) mass is 501 g/mol. The highest BCUT2D eigenvalue weighted by Gasteiger charge is 2.49. The lowest BCUT2D eigenvalue weighted by Crippen LogP contribution is -2.61. The van der Waals surface area contributed by atoms with Gasteiger partial charge in [0.15, 0.2) is 0 Å². The summed E-state index contributed by atoms with van der Waals surface area (Å²) in [4.78, 5) is 28.6. The van der Waals surface area contributed by atoms with Crippen LogP contribution in [0.25, 0.3) is 0 Å². The molecule has 2 bridgehead atoms. The average Bonchev–Trinajstić information content (AvgIpc) is 2.89. The third-order valence-electron chi connectivity index (χ3n) is 8.20. The molecule has 0 spiro atoms. The molecular formula is C28H29N4O5-. The maximum absolute atomic E-state index is 13.6. The maximum Gasteiger partial charge on any atom is 0.250 e. The topological polar surface area (TPSA) is 121 Å². The Bertz CT molecular complexity index is 1390. The number of hydrogen-bond acceptors (Lipinski definition) is 7. The summed E-state index contributed by atoms with van der Waals surface area (Å²) in [6.45, 7) is 1.71. The van der Waals surface area contributed by atoms with Gasteiger partial charge in [-0.15, -0.1) is 0 Å². The summed E-state index contributed by atoms with van der Waals surface area (Å²) in [5, 5.41) is 33.5. The number of amides is 1. The minimum absolute atomic E-state index is 0.00474. The van der Waals surface area contributed by atoms with Crippen molar-refractivity contribution < 1.29 is 15.1 Å². The van der Waals surface area contributed by atoms with Crippen molar-refractivity contribution in [3.05, 3.63) is 93.0 Å². The molecule has 3 N–H and O–H groups in total. The molecule has 6 rings (SSSR count). The van der Waals surface area contributed by atoms with Gasteiger partial charge in [-0.05, 0) is 72.7 Å². The molecule has 192 valence electrons. The number of aromatic hydroxyl groups is 1. The zero-order valence-corrected chi connectivity index (χ0v) is 20.3. The van der Waals surface area contributed by atoms with Gasteiger partial charge in [-0.25, -0.2) is 0 Å². The fourth-order valence-electron chi connectivity index (χ4n) is 6.58. The summed E-state index contributed by atoms with van der Waals surface area (Å²) in [6.07, 6.45) is 2.00. The molecule has 37 heavy (non-hydrogen) atoms. The van der Waals surface area contributed by atoms with E-state index in [0.29, 0.717) is 32.5 Å². The number of aromatic nitrogens is 1. The maximum atomic E-state index is 13.6. The van der Waals surface area contributed by atoms with Gasteiger partial charge in [0, 0.05) is 49.0 Å². The largest absolute Gasteiger partial charge is 0.733 e. The number of rotatable bonds is 5. The molecule has 1 fully saturated rings. The number of piperidine rings is 1. The third-order valence-corrected chi connectivity index (χ3v) is 8.20. The Morgan fingerprint density at radius 2 is 1.92 bits per heavy atom. The Morgan fingerprint density at radius 3 is 2.70 bits per heavy atom. The molecule has 0 aliphatic carbocycles. The first-order valence-corrected chi connectivity index (χ1v) is 12.7. The standard InChI is InChI=1S/C28H29N4O5/c33-22-7-4-17(5-8-22)10-11-29-28(35)23-14-18-13-21(32(36)37)6-9-25(18)31-15-19-12-20(27(23)31)16-30-24(19)2-1-3-26(30)34/h1-9,13,19-20,23,27,33,36H,10-12,14-16H2,(H,29,35)/q-1. The second-order valence-corrected chi connectivity index (χ2v) is 10.3. The van der Waals surface area contributed by atoms with Crippen molar-refractivity contribution in [2.24, 2.45) is 11.8 Å². The van der Waals surface area contributed by atoms with Gasteiger partial charge in [0.25, 0.3) is 5.56 Å². The molecule has 1 amide bonds. The van der Waals surface area contributed by atoms with Crippen molar-refractivity contribution in [2.45, 2.75) is 37.8 Å². The molecule has 3 aliphatic rings. The number of nitrogens with zero attached hydrogens (tertiary/aromatic N) is 3. The number of phenolic OH excluding ortho intramolecular Hbond substituents is 1. The number of pyridine rings is 1. The van der Waals surface area contributed by atoms with E-state index in [0.717, 1.165) is 28.9 Å². The zero-order valence-electron chi connectivity index (χ0n) is 20.3. The van der Waals surface area contributed by atoms with Gasteiger partial charge in [-0.1, -0.05) is 18.2 Å². The minimum Gasteiger partial charge on any atom is -0.733 e. The summed E-state index contributed by atoms with van der Waals surface area (Å²) >= 11 is 0. The molecular weight excluding hydrogens is 472 g/mol. The summed E-state index contributed by atoms with van der Waals surface area (Å²) in [5.74, 6) is 0.0737. The fourth-order valence-corrected chi connectivity index (χ4v) is 6.58. The van der Waals surface area contributed by atoms with Gasteiger partial charge in [0.05, 0.1) is 11.6 Å². The molecule has 0 saturated carbocycles. The number of fused-ring (bicyclic) bond motifs is 8. The Morgan fingerprint density at radius 1 is 1.11 bits per heavy atom. The number of nitrogens with one attached hydrogen (secondary N) is 1. The normalized spacial score (nSPS) is 23.5. The van der Waals surface area contributed by atoms with E-state index in [2.05, 4.69) is 10.2 Å². The third kappa shape index (κ3) is 4.24. The first kappa shape index (κ1) is 23.6. The molecule has 1 aromatic heterocycles. The number of carbonyl (C=O) groups excluding carboxylic acids is 1. The summed E-state index contributed by atoms with van der Waals surface area (Å²) in [5.41, 5.74) is 4.01. The van der Waals surface area contributed by atoms with Crippen LogP contribution in [0.2, 0.25) is 0 Å². The van der Waals surface area contributed by atoms with Crippen molar-refractivity contribution >= 4 is 17.3 Å². The smallest absolute Gasteiger partial charge is 0.250 e. The minimum atomic E-state index is -0.367. The van der Waals surface area contributed by atoms with Gasteiger partial charge < -0.3 is 30.3 Å². The molecule has 3 aromatic rings. The predicted octanol–water partition coefficient (Wildman–Crippen LogP) is 2.77. The number of anilines is 2. The van der Waals surface area contributed by atoms with Crippen LogP contribution >= 0.6 is 0 Å². The molecule has 2 aromatic carbocycles. The van der Waals surface area contributed by atoms with E-state index >= 15 is 0 Å². The molecule has 4 unspecified atom stereocenters. The fraction of sp³-hybridized carbons (Fsp3) is 0.357. The van der Waals surface area contributed by atoms with E-state index < -0.39 is 0 Å². The van der Waals surface area contributed by atoms with Crippen LogP contribution in [0, 0.1) is 17.0 Å². The SMILES string of the molecule is O=C(NCCc1ccc(O)cc1)C1Cc2cc(N([O-])O)ccc2N2CC3CC(Cn4c3cccc4=O)C12. The lowest BCUT2D eigenvalue weighted by atomic mass is 9.70. The van der Waals surface area contributed by atoms with Crippen LogP contribution < -0.4 is 21.0 Å². The second-order valence-electron chi connectivity index (χ2n) is 10.3. The number of hydrogen-bond donors (Lipinski definition) is 3. The van der Waals surface area contributed by atoms with E-state index in [1.54, 1.807) is 30.3 Å². The lowest BCUT2D eigenvalue weighted by molar-refractivity contribution is -0.126. The van der Waals surface area contributed by atoms with Crippen LogP contribution in [0.3, 0.4) is 0 Å².